The summed E-state index contributed by atoms with van der Waals surface area (Å²) >= 11 is 5.68. The van der Waals surface area contributed by atoms with Gasteiger partial charge in [0.1, 0.15) is 10.8 Å². The number of hydrogen-bond donors (Lipinski definition) is 0. The van der Waals surface area contributed by atoms with E-state index in [1.165, 1.54) is 48.6 Å². The highest BCUT2D eigenvalue weighted by Gasteiger charge is 2.14. The fraction of sp³-hybridized carbons (Fsp3) is 0. The number of carbonyl (C=O) groups excluding carboxylic acids is 1. The molecule has 2 aromatic carbocycles. The third-order valence-electron chi connectivity index (χ3n) is 2.72. The van der Waals surface area contributed by atoms with E-state index in [0.29, 0.717) is 5.56 Å². The summed E-state index contributed by atoms with van der Waals surface area (Å²) in [6.07, 6.45) is 2.77. The largest absolute Gasteiger partial charge is 0.289 e. The molecule has 21 heavy (non-hydrogen) atoms. The molecular weight excluding hydrogens is 297 g/mol. The van der Waals surface area contributed by atoms with Gasteiger partial charge in [0.15, 0.2) is 5.78 Å². The van der Waals surface area contributed by atoms with E-state index in [9.17, 15) is 19.3 Å². The van der Waals surface area contributed by atoms with E-state index < -0.39 is 10.7 Å². The summed E-state index contributed by atoms with van der Waals surface area (Å²) in [5.74, 6) is -0.772. The summed E-state index contributed by atoms with van der Waals surface area (Å²) in [6, 6.07) is 9.42. The van der Waals surface area contributed by atoms with E-state index in [1.54, 1.807) is 0 Å². The van der Waals surface area contributed by atoms with Crippen LogP contribution in [-0.2, 0) is 0 Å². The molecule has 0 radical (unpaired) electrons. The Kier molecular flexibility index (Phi) is 4.45. The minimum absolute atomic E-state index is 0.0286. The van der Waals surface area contributed by atoms with Gasteiger partial charge in [0, 0.05) is 11.6 Å². The van der Waals surface area contributed by atoms with Gasteiger partial charge in [0.25, 0.3) is 5.69 Å². The number of nitro benzene ring substituents is 1. The van der Waals surface area contributed by atoms with Crippen molar-refractivity contribution in [2.45, 2.75) is 0 Å². The highest BCUT2D eigenvalue weighted by molar-refractivity contribution is 6.32. The van der Waals surface area contributed by atoms with Crippen LogP contribution in [0.4, 0.5) is 10.1 Å². The first-order chi connectivity index (χ1) is 9.97. The fourth-order valence-electron chi connectivity index (χ4n) is 1.65. The predicted octanol–water partition coefficient (Wildman–Crippen LogP) is 4.28. The molecule has 6 heteroatoms. The number of carbonyl (C=O) groups is 1. The zero-order chi connectivity index (χ0) is 15.4. The van der Waals surface area contributed by atoms with Crippen LogP contribution in [0.15, 0.2) is 48.5 Å². The van der Waals surface area contributed by atoms with Gasteiger partial charge in [0.05, 0.1) is 4.92 Å². The van der Waals surface area contributed by atoms with E-state index in [2.05, 4.69) is 0 Å². The minimum atomic E-state index is -0.650. The number of halogens is 2. The van der Waals surface area contributed by atoms with Crippen LogP contribution in [0.5, 0.6) is 0 Å². The monoisotopic (exact) mass is 305 g/mol. The van der Waals surface area contributed by atoms with E-state index in [4.69, 9.17) is 11.6 Å². The average molecular weight is 306 g/mol. The van der Waals surface area contributed by atoms with Crippen LogP contribution < -0.4 is 0 Å². The van der Waals surface area contributed by atoms with Crippen LogP contribution in [0.1, 0.15) is 15.9 Å². The molecule has 0 bridgehead atoms. The van der Waals surface area contributed by atoms with Crippen molar-refractivity contribution in [2.24, 2.45) is 0 Å². The van der Waals surface area contributed by atoms with Crippen LogP contribution >= 0.6 is 11.6 Å². The molecule has 2 aromatic rings. The Morgan fingerprint density at radius 2 is 1.86 bits per heavy atom. The van der Waals surface area contributed by atoms with Crippen molar-refractivity contribution in [3.8, 4) is 0 Å². The van der Waals surface area contributed by atoms with Crippen LogP contribution in [0, 0.1) is 15.9 Å². The lowest BCUT2D eigenvalue weighted by molar-refractivity contribution is -0.384. The summed E-state index contributed by atoms with van der Waals surface area (Å²) in [5, 5.41) is 10.7. The first-order valence-electron chi connectivity index (χ1n) is 5.89. The Morgan fingerprint density at radius 1 is 1.19 bits per heavy atom. The molecule has 0 aliphatic rings. The topological polar surface area (TPSA) is 60.2 Å². The third-order valence-corrected chi connectivity index (χ3v) is 3.04. The normalized spacial score (nSPS) is 10.8. The molecule has 0 amide bonds. The number of benzene rings is 2. The second-order valence-corrected chi connectivity index (χ2v) is 4.58. The molecule has 0 aliphatic carbocycles. The molecule has 0 spiro atoms. The number of ketones is 1. The maximum absolute atomic E-state index is 12.7. The number of nitrogens with zero attached hydrogens (tertiary/aromatic N) is 1. The highest BCUT2D eigenvalue weighted by Crippen LogP contribution is 2.25. The Labute approximate surface area is 124 Å². The van der Waals surface area contributed by atoms with Gasteiger partial charge in [-0.2, -0.15) is 0 Å². The maximum atomic E-state index is 12.7. The highest BCUT2D eigenvalue weighted by atomic mass is 35.5. The molecule has 106 valence electrons. The average Bonchev–Trinajstić information content (AvgIpc) is 2.46. The van der Waals surface area contributed by atoms with Crippen molar-refractivity contribution >= 4 is 29.1 Å². The van der Waals surface area contributed by atoms with Crippen LogP contribution in [0.25, 0.3) is 6.08 Å². The molecule has 0 atom stereocenters. The minimum Gasteiger partial charge on any atom is -0.289 e. The SMILES string of the molecule is O=C(/C=C/c1ccc(F)cc1)c1ccc(Cl)c([N+](=O)[O-])c1. The lowest BCUT2D eigenvalue weighted by atomic mass is 10.1. The standard InChI is InChI=1S/C15H9ClFNO3/c16-13-7-4-11(9-14(13)18(20)21)15(19)8-3-10-1-5-12(17)6-2-10/h1-9H/b8-3+. The van der Waals surface area contributed by atoms with E-state index >= 15 is 0 Å². The van der Waals surface area contributed by atoms with Gasteiger partial charge >= 0.3 is 0 Å². The Morgan fingerprint density at radius 3 is 2.48 bits per heavy atom. The van der Waals surface area contributed by atoms with Crippen molar-refractivity contribution in [2.75, 3.05) is 0 Å². The van der Waals surface area contributed by atoms with Gasteiger partial charge in [-0.3, -0.25) is 14.9 Å². The van der Waals surface area contributed by atoms with Gasteiger partial charge in [-0.1, -0.05) is 29.8 Å². The van der Waals surface area contributed by atoms with Crippen LogP contribution in [0.2, 0.25) is 5.02 Å². The fourth-order valence-corrected chi connectivity index (χ4v) is 1.83. The first-order valence-corrected chi connectivity index (χ1v) is 6.27. The van der Waals surface area contributed by atoms with E-state index in [1.807, 2.05) is 0 Å². The second kappa shape index (κ2) is 6.28. The van der Waals surface area contributed by atoms with E-state index in [0.717, 1.165) is 6.07 Å². The van der Waals surface area contributed by atoms with Crippen molar-refractivity contribution in [1.82, 2.24) is 0 Å². The summed E-state index contributed by atoms with van der Waals surface area (Å²) in [4.78, 5) is 22.1. The number of rotatable bonds is 4. The Bertz CT molecular complexity index is 726. The molecule has 2 rings (SSSR count). The van der Waals surface area contributed by atoms with Crippen LogP contribution in [-0.4, -0.2) is 10.7 Å². The predicted molar refractivity (Wildman–Crippen MR) is 77.9 cm³/mol. The summed E-state index contributed by atoms with van der Waals surface area (Å²) < 4.78 is 12.7. The lowest BCUT2D eigenvalue weighted by Crippen LogP contribution is -1.97. The van der Waals surface area contributed by atoms with Gasteiger partial charge < -0.3 is 0 Å². The molecule has 4 nitrogen and oxygen atoms in total. The molecule has 0 saturated carbocycles. The van der Waals surface area contributed by atoms with Crippen molar-refractivity contribution < 1.29 is 14.1 Å². The van der Waals surface area contributed by atoms with Gasteiger partial charge in [-0.15, -0.1) is 0 Å². The Balaban J connectivity index is 2.22. The van der Waals surface area contributed by atoms with Gasteiger partial charge in [-0.05, 0) is 35.9 Å². The first kappa shape index (κ1) is 14.9. The number of nitro groups is 1. The number of allylic oxidation sites excluding steroid dienone is 1. The molecule has 0 unspecified atom stereocenters. The zero-order valence-corrected chi connectivity index (χ0v) is 11.4. The molecule has 0 saturated heterocycles. The molecular formula is C15H9ClFNO3. The Hall–Kier alpha value is -2.53. The maximum Gasteiger partial charge on any atom is 0.288 e. The van der Waals surface area contributed by atoms with Crippen molar-refractivity contribution in [3.63, 3.8) is 0 Å². The zero-order valence-electron chi connectivity index (χ0n) is 10.6. The third kappa shape index (κ3) is 3.73. The smallest absolute Gasteiger partial charge is 0.288 e. The molecule has 0 fully saturated rings. The molecule has 0 heterocycles. The van der Waals surface area contributed by atoms with Gasteiger partial charge in [-0.25, -0.2) is 4.39 Å². The molecule has 0 aliphatic heterocycles. The van der Waals surface area contributed by atoms with Gasteiger partial charge in [0.2, 0.25) is 0 Å². The summed E-state index contributed by atoms with van der Waals surface area (Å²) in [6.45, 7) is 0. The summed E-state index contributed by atoms with van der Waals surface area (Å²) in [5.41, 5.74) is 0.482. The lowest BCUT2D eigenvalue weighted by Gasteiger charge is -1.99. The molecule has 0 N–H and O–H groups in total. The van der Waals surface area contributed by atoms with Crippen LogP contribution in [0.3, 0.4) is 0 Å². The summed E-state index contributed by atoms with van der Waals surface area (Å²) in [7, 11) is 0. The van der Waals surface area contributed by atoms with Crippen molar-refractivity contribution in [1.29, 1.82) is 0 Å². The van der Waals surface area contributed by atoms with E-state index in [-0.39, 0.29) is 22.1 Å². The number of hydrogen-bond acceptors (Lipinski definition) is 3. The quantitative estimate of drug-likeness (QED) is 0.366. The second-order valence-electron chi connectivity index (χ2n) is 4.17. The van der Waals surface area contributed by atoms with Crippen molar-refractivity contribution in [3.05, 3.63) is 80.6 Å². The molecule has 0 aromatic heterocycles.